The largest absolute Gasteiger partial charge is 0.303 e. The minimum Gasteiger partial charge on any atom is -0.303 e. The molecule has 0 N–H and O–H groups in total. The third kappa shape index (κ3) is 2.98. The number of hydrogen-bond donors (Lipinski definition) is 0. The van der Waals surface area contributed by atoms with Crippen LogP contribution >= 0.6 is 0 Å². The Kier molecular flexibility index (Phi) is 3.71. The van der Waals surface area contributed by atoms with E-state index in [0.29, 0.717) is 0 Å². The molecule has 0 aliphatic heterocycles. The Morgan fingerprint density at radius 2 is 2.23 bits per heavy atom. The van der Waals surface area contributed by atoms with Crippen LogP contribution in [0.4, 0.5) is 0 Å². The SMILES string of the molecule is CC(C=O)CC1=CC(C(C)C)CC1. The van der Waals surface area contributed by atoms with Gasteiger partial charge in [-0.15, -0.1) is 0 Å². The summed E-state index contributed by atoms with van der Waals surface area (Å²) in [5.41, 5.74) is 1.50. The Labute approximate surface area is 81.2 Å². The van der Waals surface area contributed by atoms with Crippen molar-refractivity contribution in [1.29, 1.82) is 0 Å². The molecule has 0 spiro atoms. The zero-order chi connectivity index (χ0) is 9.84. The molecule has 1 rings (SSSR count). The Balaban J connectivity index is 2.45. The summed E-state index contributed by atoms with van der Waals surface area (Å²) in [6.45, 7) is 6.54. The minimum absolute atomic E-state index is 0.206. The van der Waals surface area contributed by atoms with Crippen molar-refractivity contribution in [2.24, 2.45) is 17.8 Å². The molecule has 1 heteroatoms. The van der Waals surface area contributed by atoms with E-state index in [0.717, 1.165) is 24.5 Å². The predicted molar refractivity (Wildman–Crippen MR) is 55.5 cm³/mol. The van der Waals surface area contributed by atoms with Gasteiger partial charge in [0.25, 0.3) is 0 Å². The Morgan fingerprint density at radius 1 is 1.54 bits per heavy atom. The molecule has 74 valence electrons. The molecule has 0 fully saturated rings. The number of hydrogen-bond acceptors (Lipinski definition) is 1. The molecule has 1 nitrogen and oxygen atoms in total. The summed E-state index contributed by atoms with van der Waals surface area (Å²) in [6.07, 6.45) is 6.93. The van der Waals surface area contributed by atoms with Gasteiger partial charge in [-0.3, -0.25) is 0 Å². The van der Waals surface area contributed by atoms with Crippen molar-refractivity contribution >= 4 is 6.29 Å². The van der Waals surface area contributed by atoms with Gasteiger partial charge in [-0.1, -0.05) is 32.4 Å². The maximum atomic E-state index is 10.5. The summed E-state index contributed by atoms with van der Waals surface area (Å²) in [5, 5.41) is 0. The van der Waals surface area contributed by atoms with E-state index in [-0.39, 0.29) is 5.92 Å². The summed E-state index contributed by atoms with van der Waals surface area (Å²) in [4.78, 5) is 10.5. The molecule has 1 aliphatic carbocycles. The average molecular weight is 180 g/mol. The number of carbonyl (C=O) groups is 1. The van der Waals surface area contributed by atoms with Gasteiger partial charge in [0.2, 0.25) is 0 Å². The first-order valence-corrected chi connectivity index (χ1v) is 5.28. The second kappa shape index (κ2) is 4.59. The van der Waals surface area contributed by atoms with Crippen LogP contribution in [0.2, 0.25) is 0 Å². The summed E-state index contributed by atoms with van der Waals surface area (Å²) >= 11 is 0. The Hall–Kier alpha value is -0.590. The van der Waals surface area contributed by atoms with E-state index in [9.17, 15) is 4.79 Å². The maximum Gasteiger partial charge on any atom is 0.123 e. The maximum absolute atomic E-state index is 10.5. The monoisotopic (exact) mass is 180 g/mol. The van der Waals surface area contributed by atoms with Gasteiger partial charge in [0.1, 0.15) is 6.29 Å². The average Bonchev–Trinajstić information content (AvgIpc) is 2.52. The second-order valence-electron chi connectivity index (χ2n) is 4.59. The molecule has 13 heavy (non-hydrogen) atoms. The van der Waals surface area contributed by atoms with Crippen LogP contribution in [0.1, 0.15) is 40.0 Å². The zero-order valence-electron chi connectivity index (χ0n) is 8.92. The molecule has 0 bridgehead atoms. The molecule has 0 saturated heterocycles. The number of carbonyl (C=O) groups excluding carboxylic acids is 1. The summed E-state index contributed by atoms with van der Waals surface area (Å²) < 4.78 is 0. The lowest BCUT2D eigenvalue weighted by Gasteiger charge is -2.09. The van der Waals surface area contributed by atoms with E-state index in [1.165, 1.54) is 18.4 Å². The van der Waals surface area contributed by atoms with Crippen LogP contribution in [0, 0.1) is 17.8 Å². The van der Waals surface area contributed by atoms with Crippen molar-refractivity contribution in [2.45, 2.75) is 40.0 Å². The van der Waals surface area contributed by atoms with Crippen molar-refractivity contribution < 1.29 is 4.79 Å². The quantitative estimate of drug-likeness (QED) is 0.479. The Bertz CT molecular complexity index is 203. The molecule has 0 amide bonds. The van der Waals surface area contributed by atoms with Gasteiger partial charge in [0.15, 0.2) is 0 Å². The molecule has 0 aromatic rings. The van der Waals surface area contributed by atoms with Crippen LogP contribution in [0.5, 0.6) is 0 Å². The topological polar surface area (TPSA) is 17.1 Å². The molecular weight excluding hydrogens is 160 g/mol. The highest BCUT2D eigenvalue weighted by Crippen LogP contribution is 2.32. The van der Waals surface area contributed by atoms with E-state index < -0.39 is 0 Å². The van der Waals surface area contributed by atoms with E-state index in [2.05, 4.69) is 19.9 Å². The van der Waals surface area contributed by atoms with Crippen molar-refractivity contribution in [3.05, 3.63) is 11.6 Å². The highest BCUT2D eigenvalue weighted by atomic mass is 16.1. The summed E-state index contributed by atoms with van der Waals surface area (Å²) in [6, 6.07) is 0. The fraction of sp³-hybridized carbons (Fsp3) is 0.750. The van der Waals surface area contributed by atoms with Gasteiger partial charge < -0.3 is 4.79 Å². The lowest BCUT2D eigenvalue weighted by Crippen LogP contribution is -2.00. The number of aldehydes is 1. The van der Waals surface area contributed by atoms with Crippen molar-refractivity contribution in [3.63, 3.8) is 0 Å². The lowest BCUT2D eigenvalue weighted by atomic mass is 9.96. The summed E-state index contributed by atoms with van der Waals surface area (Å²) in [5.74, 6) is 1.72. The standard InChI is InChI=1S/C12H20O/c1-9(2)12-5-4-11(7-12)6-10(3)8-13/h7-10,12H,4-6H2,1-3H3. The first-order chi connectivity index (χ1) is 6.13. The van der Waals surface area contributed by atoms with Crippen molar-refractivity contribution in [2.75, 3.05) is 0 Å². The zero-order valence-corrected chi connectivity index (χ0v) is 8.92. The van der Waals surface area contributed by atoms with Crippen LogP contribution < -0.4 is 0 Å². The van der Waals surface area contributed by atoms with Gasteiger partial charge in [0.05, 0.1) is 0 Å². The van der Waals surface area contributed by atoms with E-state index >= 15 is 0 Å². The molecule has 0 aromatic carbocycles. The summed E-state index contributed by atoms with van der Waals surface area (Å²) in [7, 11) is 0. The van der Waals surface area contributed by atoms with Crippen LogP contribution in [0.15, 0.2) is 11.6 Å². The van der Waals surface area contributed by atoms with Crippen molar-refractivity contribution in [3.8, 4) is 0 Å². The predicted octanol–water partition coefficient (Wildman–Crippen LogP) is 3.20. The first kappa shape index (κ1) is 10.5. The van der Waals surface area contributed by atoms with Gasteiger partial charge in [-0.2, -0.15) is 0 Å². The van der Waals surface area contributed by atoms with E-state index in [1.54, 1.807) is 0 Å². The van der Waals surface area contributed by atoms with E-state index in [4.69, 9.17) is 0 Å². The molecule has 1 aliphatic rings. The number of allylic oxidation sites excluding steroid dienone is 2. The highest BCUT2D eigenvalue weighted by molar-refractivity contribution is 5.53. The highest BCUT2D eigenvalue weighted by Gasteiger charge is 2.19. The minimum atomic E-state index is 0.206. The molecule has 2 atom stereocenters. The van der Waals surface area contributed by atoms with Crippen LogP contribution in [0.25, 0.3) is 0 Å². The molecule has 0 radical (unpaired) electrons. The molecule has 2 unspecified atom stereocenters. The molecular formula is C12H20O. The fourth-order valence-electron chi connectivity index (χ4n) is 1.98. The molecule has 0 aromatic heterocycles. The van der Waals surface area contributed by atoms with Crippen LogP contribution in [-0.4, -0.2) is 6.29 Å². The first-order valence-electron chi connectivity index (χ1n) is 5.28. The van der Waals surface area contributed by atoms with Gasteiger partial charge >= 0.3 is 0 Å². The number of rotatable bonds is 4. The molecule has 0 heterocycles. The third-order valence-corrected chi connectivity index (χ3v) is 2.92. The van der Waals surface area contributed by atoms with Gasteiger partial charge in [0, 0.05) is 5.92 Å². The van der Waals surface area contributed by atoms with Gasteiger partial charge in [-0.05, 0) is 31.1 Å². The normalized spacial score (nSPS) is 24.6. The molecule has 0 saturated carbocycles. The lowest BCUT2D eigenvalue weighted by molar-refractivity contribution is -0.110. The second-order valence-corrected chi connectivity index (χ2v) is 4.59. The van der Waals surface area contributed by atoms with Crippen molar-refractivity contribution in [1.82, 2.24) is 0 Å². The fourth-order valence-corrected chi connectivity index (χ4v) is 1.98. The van der Waals surface area contributed by atoms with Gasteiger partial charge in [-0.25, -0.2) is 0 Å². The van der Waals surface area contributed by atoms with Crippen LogP contribution in [-0.2, 0) is 4.79 Å². The third-order valence-electron chi connectivity index (χ3n) is 2.92. The smallest absolute Gasteiger partial charge is 0.123 e. The van der Waals surface area contributed by atoms with Crippen LogP contribution in [0.3, 0.4) is 0 Å². The van der Waals surface area contributed by atoms with E-state index in [1.807, 2.05) is 6.92 Å². The Morgan fingerprint density at radius 3 is 2.69 bits per heavy atom.